The molecular formula is C12H10FNO3. The van der Waals surface area contributed by atoms with Crippen molar-refractivity contribution in [2.75, 3.05) is 0 Å². The Balaban J connectivity index is 2.27. The number of carboxylic acid groups (broad SMARTS) is 1. The second kappa shape index (κ2) is 4.78. The maximum absolute atomic E-state index is 13.1. The Morgan fingerprint density at radius 3 is 3.00 bits per heavy atom. The number of halogens is 1. The molecule has 0 saturated heterocycles. The largest absolute Gasteiger partial charge is 0.481 e. The molecular weight excluding hydrogens is 225 g/mol. The quantitative estimate of drug-likeness (QED) is 0.884. The molecule has 1 N–H and O–H groups in total. The van der Waals surface area contributed by atoms with Gasteiger partial charge in [-0.25, -0.2) is 4.39 Å². The number of hydrogen-bond acceptors (Lipinski definition) is 3. The Morgan fingerprint density at radius 1 is 1.47 bits per heavy atom. The van der Waals surface area contributed by atoms with Crippen molar-refractivity contribution in [2.24, 2.45) is 0 Å². The van der Waals surface area contributed by atoms with Crippen molar-refractivity contribution in [2.45, 2.75) is 12.8 Å². The van der Waals surface area contributed by atoms with Gasteiger partial charge in [0.25, 0.3) is 0 Å². The summed E-state index contributed by atoms with van der Waals surface area (Å²) in [7, 11) is 0. The summed E-state index contributed by atoms with van der Waals surface area (Å²) in [5, 5.41) is 12.3. The van der Waals surface area contributed by atoms with Crippen LogP contribution in [-0.4, -0.2) is 16.2 Å². The highest BCUT2D eigenvalue weighted by Gasteiger charge is 2.11. The molecule has 0 atom stereocenters. The van der Waals surface area contributed by atoms with Gasteiger partial charge < -0.3 is 9.63 Å². The van der Waals surface area contributed by atoms with Gasteiger partial charge in [0.1, 0.15) is 12.1 Å². The molecule has 1 aromatic carbocycles. The summed E-state index contributed by atoms with van der Waals surface area (Å²) in [6.45, 7) is 0. The molecule has 5 heteroatoms. The van der Waals surface area contributed by atoms with Crippen LogP contribution in [0.1, 0.15) is 12.1 Å². The van der Waals surface area contributed by atoms with E-state index in [1.54, 1.807) is 12.1 Å². The predicted octanol–water partition coefficient (Wildman–Crippen LogP) is 2.50. The summed E-state index contributed by atoms with van der Waals surface area (Å²) >= 11 is 0. The number of aliphatic carboxylic acids is 1. The molecule has 0 spiro atoms. The van der Waals surface area contributed by atoms with Crippen LogP contribution in [0.15, 0.2) is 35.1 Å². The molecule has 0 fully saturated rings. The zero-order valence-electron chi connectivity index (χ0n) is 8.89. The van der Waals surface area contributed by atoms with Crippen molar-refractivity contribution in [1.82, 2.24) is 5.16 Å². The first-order valence-corrected chi connectivity index (χ1v) is 5.08. The van der Waals surface area contributed by atoms with Crippen molar-refractivity contribution in [3.05, 3.63) is 42.0 Å². The lowest BCUT2D eigenvalue weighted by Crippen LogP contribution is -1.98. The number of aryl methyl sites for hydroxylation is 1. The topological polar surface area (TPSA) is 63.3 Å². The summed E-state index contributed by atoms with van der Waals surface area (Å²) in [4.78, 5) is 10.5. The Kier molecular flexibility index (Phi) is 3.18. The lowest BCUT2D eigenvalue weighted by atomic mass is 10.0. The number of rotatable bonds is 4. The van der Waals surface area contributed by atoms with E-state index in [-0.39, 0.29) is 18.7 Å². The molecule has 1 heterocycles. The Labute approximate surface area is 96.7 Å². The molecule has 4 nitrogen and oxygen atoms in total. The van der Waals surface area contributed by atoms with Crippen LogP contribution in [0.3, 0.4) is 0 Å². The molecule has 17 heavy (non-hydrogen) atoms. The number of carbonyl (C=O) groups is 1. The zero-order chi connectivity index (χ0) is 12.3. The van der Waals surface area contributed by atoms with Crippen LogP contribution in [0, 0.1) is 5.82 Å². The fourth-order valence-corrected chi connectivity index (χ4v) is 1.56. The molecule has 0 radical (unpaired) electrons. The van der Waals surface area contributed by atoms with Gasteiger partial charge in [-0.15, -0.1) is 0 Å². The maximum Gasteiger partial charge on any atom is 0.303 e. The lowest BCUT2D eigenvalue weighted by molar-refractivity contribution is -0.136. The van der Waals surface area contributed by atoms with Crippen LogP contribution in [0.25, 0.3) is 11.1 Å². The van der Waals surface area contributed by atoms with Gasteiger partial charge in [0.2, 0.25) is 0 Å². The molecule has 0 aliphatic rings. The number of carboxylic acids is 1. The third kappa shape index (κ3) is 2.69. The Hall–Kier alpha value is -2.17. The monoisotopic (exact) mass is 235 g/mol. The Bertz CT molecular complexity index is 536. The highest BCUT2D eigenvalue weighted by atomic mass is 19.1. The van der Waals surface area contributed by atoms with Crippen molar-refractivity contribution in [3.63, 3.8) is 0 Å². The fraction of sp³-hybridized carbons (Fsp3) is 0.167. The van der Waals surface area contributed by atoms with Gasteiger partial charge in [0, 0.05) is 12.0 Å². The Morgan fingerprint density at radius 2 is 2.29 bits per heavy atom. The average molecular weight is 235 g/mol. The molecule has 88 valence electrons. The summed E-state index contributed by atoms with van der Waals surface area (Å²) in [5.74, 6) is -1.26. The van der Waals surface area contributed by atoms with Crippen LogP contribution in [0.5, 0.6) is 0 Å². The standard InChI is InChI=1S/C12H10FNO3/c13-9-3-1-2-8(6-9)10-7-17-14-11(10)4-5-12(15)16/h1-3,6-7H,4-5H2,(H,15,16). The first kappa shape index (κ1) is 11.3. The SMILES string of the molecule is O=C(O)CCc1nocc1-c1cccc(F)c1. The highest BCUT2D eigenvalue weighted by molar-refractivity contribution is 5.69. The minimum atomic E-state index is -0.904. The van der Waals surface area contributed by atoms with Gasteiger partial charge in [-0.1, -0.05) is 17.3 Å². The summed E-state index contributed by atoms with van der Waals surface area (Å²) in [6, 6.07) is 6.00. The van der Waals surface area contributed by atoms with E-state index in [4.69, 9.17) is 9.63 Å². The lowest BCUT2D eigenvalue weighted by Gasteiger charge is -2.00. The van der Waals surface area contributed by atoms with Crippen LogP contribution >= 0.6 is 0 Å². The number of benzene rings is 1. The van der Waals surface area contributed by atoms with Crippen molar-refractivity contribution < 1.29 is 18.8 Å². The number of nitrogens with zero attached hydrogens (tertiary/aromatic N) is 1. The minimum Gasteiger partial charge on any atom is -0.481 e. The maximum atomic E-state index is 13.1. The van der Waals surface area contributed by atoms with Gasteiger partial charge in [-0.05, 0) is 17.7 Å². The zero-order valence-corrected chi connectivity index (χ0v) is 8.89. The highest BCUT2D eigenvalue weighted by Crippen LogP contribution is 2.24. The van der Waals surface area contributed by atoms with Crippen LogP contribution < -0.4 is 0 Å². The smallest absolute Gasteiger partial charge is 0.303 e. The number of aromatic nitrogens is 1. The van der Waals surface area contributed by atoms with Gasteiger partial charge >= 0.3 is 5.97 Å². The minimum absolute atomic E-state index is 0.0329. The molecule has 2 aromatic rings. The first-order valence-electron chi connectivity index (χ1n) is 5.08. The van der Waals surface area contributed by atoms with E-state index in [2.05, 4.69) is 5.16 Å². The molecule has 0 unspecified atom stereocenters. The first-order chi connectivity index (χ1) is 8.16. The summed E-state index contributed by atoms with van der Waals surface area (Å²) in [5.41, 5.74) is 1.79. The average Bonchev–Trinajstić information content (AvgIpc) is 2.74. The normalized spacial score (nSPS) is 10.4. The van der Waals surface area contributed by atoms with E-state index >= 15 is 0 Å². The van der Waals surface area contributed by atoms with E-state index in [1.807, 2.05) is 0 Å². The van der Waals surface area contributed by atoms with Crippen LogP contribution in [0.4, 0.5) is 4.39 Å². The van der Waals surface area contributed by atoms with Gasteiger partial charge in [-0.2, -0.15) is 0 Å². The molecule has 0 saturated carbocycles. The molecule has 1 aromatic heterocycles. The van der Waals surface area contributed by atoms with E-state index in [9.17, 15) is 9.18 Å². The van der Waals surface area contributed by atoms with E-state index in [0.717, 1.165) is 0 Å². The van der Waals surface area contributed by atoms with Crippen LogP contribution in [0.2, 0.25) is 0 Å². The molecule has 0 amide bonds. The van der Waals surface area contributed by atoms with E-state index in [0.29, 0.717) is 16.8 Å². The predicted molar refractivity (Wildman–Crippen MR) is 57.9 cm³/mol. The molecule has 0 bridgehead atoms. The second-order valence-corrected chi connectivity index (χ2v) is 3.58. The molecule has 0 aliphatic carbocycles. The van der Waals surface area contributed by atoms with Gasteiger partial charge in [0.15, 0.2) is 0 Å². The fourth-order valence-electron chi connectivity index (χ4n) is 1.56. The van der Waals surface area contributed by atoms with Crippen molar-refractivity contribution in [1.29, 1.82) is 0 Å². The molecule has 0 aliphatic heterocycles. The third-order valence-corrected chi connectivity index (χ3v) is 2.36. The van der Waals surface area contributed by atoms with E-state index in [1.165, 1.54) is 18.4 Å². The summed E-state index contributed by atoms with van der Waals surface area (Å²) < 4.78 is 17.9. The number of hydrogen-bond donors (Lipinski definition) is 1. The van der Waals surface area contributed by atoms with Gasteiger partial charge in [-0.3, -0.25) is 4.79 Å². The molecule has 2 rings (SSSR count). The summed E-state index contributed by atoms with van der Waals surface area (Å²) in [6.07, 6.45) is 1.62. The van der Waals surface area contributed by atoms with Crippen molar-refractivity contribution in [3.8, 4) is 11.1 Å². The van der Waals surface area contributed by atoms with Gasteiger partial charge in [0.05, 0.1) is 12.1 Å². The van der Waals surface area contributed by atoms with Crippen molar-refractivity contribution >= 4 is 5.97 Å². The van der Waals surface area contributed by atoms with Crippen LogP contribution in [-0.2, 0) is 11.2 Å². The van der Waals surface area contributed by atoms with E-state index < -0.39 is 5.97 Å². The second-order valence-electron chi connectivity index (χ2n) is 3.58. The third-order valence-electron chi connectivity index (χ3n) is 2.36.